The summed E-state index contributed by atoms with van der Waals surface area (Å²) in [5.41, 5.74) is 1.15. The molecule has 5 nitrogen and oxygen atoms in total. The molecule has 0 bridgehead atoms. The van der Waals surface area contributed by atoms with Gasteiger partial charge in [0, 0.05) is 31.6 Å². The molecular weight excluding hydrogens is 473 g/mol. The fraction of sp³-hybridized carbons (Fsp3) is 0.650. The molecule has 1 heterocycles. The molecule has 7 heteroatoms. The average molecular weight is 507 g/mol. The number of nitrogens with one attached hydrogen (secondary N) is 2. The van der Waals surface area contributed by atoms with E-state index in [9.17, 15) is 0 Å². The number of ether oxygens (including phenoxy) is 2. The summed E-state index contributed by atoms with van der Waals surface area (Å²) < 4.78 is 11.8. The maximum Gasteiger partial charge on any atom is 0.191 e. The molecule has 27 heavy (non-hydrogen) atoms. The van der Waals surface area contributed by atoms with Gasteiger partial charge in [-0.25, -0.2) is 0 Å². The number of hydrogen-bond donors (Lipinski definition) is 2. The van der Waals surface area contributed by atoms with Gasteiger partial charge in [0.15, 0.2) is 5.96 Å². The van der Waals surface area contributed by atoms with Gasteiger partial charge in [0.1, 0.15) is 11.9 Å². The molecule has 2 rings (SSSR count). The first-order chi connectivity index (χ1) is 12.6. The Morgan fingerprint density at radius 3 is 2.63 bits per heavy atom. The fourth-order valence-electron chi connectivity index (χ4n) is 3.07. The third kappa shape index (κ3) is 8.07. The molecule has 1 aromatic carbocycles. The van der Waals surface area contributed by atoms with E-state index in [4.69, 9.17) is 9.47 Å². The Balaban J connectivity index is 0.00000364. The van der Waals surface area contributed by atoms with Crippen molar-refractivity contribution in [3.05, 3.63) is 29.8 Å². The Labute approximate surface area is 185 Å². The van der Waals surface area contributed by atoms with Crippen molar-refractivity contribution in [1.29, 1.82) is 0 Å². The molecule has 1 aliphatic rings. The first-order valence-electron chi connectivity index (χ1n) is 9.47. The van der Waals surface area contributed by atoms with Crippen molar-refractivity contribution < 1.29 is 9.47 Å². The lowest BCUT2D eigenvalue weighted by Gasteiger charge is -2.37. The van der Waals surface area contributed by atoms with Gasteiger partial charge in [0.05, 0.1) is 6.54 Å². The highest BCUT2D eigenvalue weighted by atomic mass is 127. The van der Waals surface area contributed by atoms with Crippen LogP contribution in [0.15, 0.2) is 29.3 Å². The van der Waals surface area contributed by atoms with E-state index < -0.39 is 0 Å². The predicted molar refractivity (Wildman–Crippen MR) is 127 cm³/mol. The van der Waals surface area contributed by atoms with Gasteiger partial charge in [-0.2, -0.15) is 11.8 Å². The second-order valence-corrected chi connectivity index (χ2v) is 8.46. The molecule has 154 valence electrons. The zero-order chi connectivity index (χ0) is 18.8. The second kappa shape index (κ2) is 12.7. The molecule has 0 aliphatic carbocycles. The van der Waals surface area contributed by atoms with Crippen molar-refractivity contribution in [3.8, 4) is 5.75 Å². The standard InChI is InChI=1S/C20H33N3O2S.HI/c1-5-26-20(10-12-24-13-11-20)15-23-19(21-4)22-14-17(3)25-18-9-7-6-8-16(18)2;/h6-9,17H,5,10-15H2,1-4H3,(H2,21,22,23);1H. The highest BCUT2D eigenvalue weighted by Gasteiger charge is 2.32. The smallest absolute Gasteiger partial charge is 0.191 e. The number of halogens is 1. The van der Waals surface area contributed by atoms with Crippen molar-refractivity contribution in [2.75, 3.05) is 39.1 Å². The van der Waals surface area contributed by atoms with Crippen LogP contribution in [0.5, 0.6) is 5.75 Å². The topological polar surface area (TPSA) is 54.9 Å². The summed E-state index contributed by atoms with van der Waals surface area (Å²) in [5, 5.41) is 6.88. The number of aryl methyl sites for hydroxylation is 1. The average Bonchev–Trinajstić information content (AvgIpc) is 2.65. The summed E-state index contributed by atoms with van der Waals surface area (Å²) in [5.74, 6) is 2.88. The summed E-state index contributed by atoms with van der Waals surface area (Å²) in [6.45, 7) is 9.66. The highest BCUT2D eigenvalue weighted by molar-refractivity contribution is 14.0. The van der Waals surface area contributed by atoms with Crippen molar-refractivity contribution in [1.82, 2.24) is 10.6 Å². The van der Waals surface area contributed by atoms with Crippen molar-refractivity contribution in [2.24, 2.45) is 4.99 Å². The largest absolute Gasteiger partial charge is 0.489 e. The van der Waals surface area contributed by atoms with Gasteiger partial charge in [-0.3, -0.25) is 4.99 Å². The molecule has 0 aromatic heterocycles. The van der Waals surface area contributed by atoms with Crippen LogP contribution < -0.4 is 15.4 Å². The van der Waals surface area contributed by atoms with Crippen LogP contribution in [-0.2, 0) is 4.74 Å². The first-order valence-corrected chi connectivity index (χ1v) is 10.5. The molecule has 1 aliphatic heterocycles. The van der Waals surface area contributed by atoms with Crippen LogP contribution in [-0.4, -0.2) is 55.9 Å². The van der Waals surface area contributed by atoms with Crippen LogP contribution in [0.25, 0.3) is 0 Å². The predicted octanol–water partition coefficient (Wildman–Crippen LogP) is 3.85. The first kappa shape index (κ1) is 24.4. The molecule has 2 N–H and O–H groups in total. The lowest BCUT2D eigenvalue weighted by Crippen LogP contribution is -2.49. The summed E-state index contributed by atoms with van der Waals surface area (Å²) in [6, 6.07) is 8.10. The van der Waals surface area contributed by atoms with Crippen LogP contribution in [0, 0.1) is 6.92 Å². The van der Waals surface area contributed by atoms with Gasteiger partial charge in [-0.05, 0) is 44.1 Å². The highest BCUT2D eigenvalue weighted by Crippen LogP contribution is 2.34. The van der Waals surface area contributed by atoms with Gasteiger partial charge >= 0.3 is 0 Å². The van der Waals surface area contributed by atoms with Crippen molar-refractivity contribution >= 4 is 41.7 Å². The lowest BCUT2D eigenvalue weighted by molar-refractivity contribution is 0.0782. The summed E-state index contributed by atoms with van der Waals surface area (Å²) in [6.07, 6.45) is 2.22. The molecular formula is C20H34IN3O2S. The molecule has 1 aromatic rings. The van der Waals surface area contributed by atoms with Gasteiger partial charge in [-0.1, -0.05) is 25.1 Å². The van der Waals surface area contributed by atoms with Crippen LogP contribution in [0.3, 0.4) is 0 Å². The molecule has 0 radical (unpaired) electrons. The van der Waals surface area contributed by atoms with E-state index in [0.717, 1.165) is 55.6 Å². The normalized spacial score (nSPS) is 17.6. The van der Waals surface area contributed by atoms with Crippen molar-refractivity contribution in [2.45, 2.75) is 44.5 Å². The maximum absolute atomic E-state index is 6.03. The van der Waals surface area contributed by atoms with Gasteiger partial charge < -0.3 is 20.1 Å². The van der Waals surface area contributed by atoms with E-state index >= 15 is 0 Å². The summed E-state index contributed by atoms with van der Waals surface area (Å²) in [4.78, 5) is 4.36. The van der Waals surface area contributed by atoms with Crippen LogP contribution in [0.2, 0.25) is 0 Å². The van der Waals surface area contributed by atoms with E-state index in [0.29, 0.717) is 6.54 Å². The minimum atomic E-state index is 0. The van der Waals surface area contributed by atoms with E-state index in [2.05, 4.69) is 42.5 Å². The number of benzene rings is 1. The van der Waals surface area contributed by atoms with E-state index in [1.807, 2.05) is 37.0 Å². The lowest BCUT2D eigenvalue weighted by atomic mass is 9.99. The SMILES string of the molecule is CCSC1(CNC(=NC)NCC(C)Oc2ccccc2C)CCOCC1.I. The number of para-hydroxylation sites is 1. The minimum absolute atomic E-state index is 0. The van der Waals surface area contributed by atoms with Crippen molar-refractivity contribution in [3.63, 3.8) is 0 Å². The van der Waals surface area contributed by atoms with E-state index in [-0.39, 0.29) is 34.8 Å². The number of aliphatic imine (C=N–C) groups is 1. The molecule has 1 fully saturated rings. The molecule has 0 spiro atoms. The third-order valence-corrected chi connectivity index (χ3v) is 6.09. The van der Waals surface area contributed by atoms with Gasteiger partial charge in [0.25, 0.3) is 0 Å². The maximum atomic E-state index is 6.03. The number of nitrogens with zero attached hydrogens (tertiary/aromatic N) is 1. The Kier molecular flexibility index (Phi) is 11.5. The van der Waals surface area contributed by atoms with Crippen LogP contribution in [0.1, 0.15) is 32.3 Å². The number of hydrogen-bond acceptors (Lipinski definition) is 4. The van der Waals surface area contributed by atoms with Crippen LogP contribution >= 0.6 is 35.7 Å². The monoisotopic (exact) mass is 507 g/mol. The Morgan fingerprint density at radius 1 is 1.30 bits per heavy atom. The minimum Gasteiger partial charge on any atom is -0.489 e. The Morgan fingerprint density at radius 2 is 2.00 bits per heavy atom. The molecule has 0 saturated carbocycles. The second-order valence-electron chi connectivity index (χ2n) is 6.73. The third-order valence-electron chi connectivity index (χ3n) is 4.63. The fourth-order valence-corrected chi connectivity index (χ4v) is 4.32. The Bertz CT molecular complexity index is 575. The zero-order valence-corrected chi connectivity index (χ0v) is 20.1. The quantitative estimate of drug-likeness (QED) is 0.318. The van der Waals surface area contributed by atoms with E-state index in [1.54, 1.807) is 0 Å². The number of guanidine groups is 1. The molecule has 0 amide bonds. The van der Waals surface area contributed by atoms with Crippen LogP contribution in [0.4, 0.5) is 0 Å². The van der Waals surface area contributed by atoms with E-state index in [1.165, 1.54) is 0 Å². The Hall–Kier alpha value is -0.670. The van der Waals surface area contributed by atoms with Gasteiger partial charge in [0.2, 0.25) is 0 Å². The number of rotatable bonds is 8. The molecule has 1 unspecified atom stereocenters. The molecule has 1 atom stereocenters. The molecule has 1 saturated heterocycles. The summed E-state index contributed by atoms with van der Waals surface area (Å²) in [7, 11) is 1.81. The summed E-state index contributed by atoms with van der Waals surface area (Å²) >= 11 is 2.03. The van der Waals surface area contributed by atoms with Gasteiger partial charge in [-0.15, -0.1) is 24.0 Å². The zero-order valence-electron chi connectivity index (χ0n) is 16.9. The number of thioether (sulfide) groups is 1.